The number of sulfonamides is 1. The molecule has 2 aromatic rings. The second-order valence-corrected chi connectivity index (χ2v) is 8.12. The maximum atomic E-state index is 12.2. The molecule has 20 heavy (non-hydrogen) atoms. The van der Waals surface area contributed by atoms with E-state index in [0.717, 1.165) is 21.9 Å². The van der Waals surface area contributed by atoms with Gasteiger partial charge in [0.2, 0.25) is 10.0 Å². The minimum absolute atomic E-state index is 0.216. The molecular formula is C13H15BrN2O2S2. The molecule has 1 aromatic heterocycles. The molecule has 0 amide bonds. The fourth-order valence-electron chi connectivity index (χ4n) is 1.65. The minimum atomic E-state index is -3.53. The van der Waals surface area contributed by atoms with Crippen molar-refractivity contribution in [1.82, 2.24) is 9.71 Å². The molecular weight excluding hydrogens is 360 g/mol. The van der Waals surface area contributed by atoms with Crippen LogP contribution in [-0.4, -0.2) is 13.4 Å². The maximum absolute atomic E-state index is 12.2. The standard InChI is InChI=1S/C13H15BrN2O2S2/c1-3-10-7-15-13(19-10)8-16-20(17,18)12-5-4-9(2)6-11(12)14/h4-7,16H,3,8H2,1-2H3. The van der Waals surface area contributed by atoms with E-state index in [2.05, 4.69) is 25.6 Å². The molecule has 0 aliphatic carbocycles. The molecule has 0 fully saturated rings. The highest BCUT2D eigenvalue weighted by Crippen LogP contribution is 2.23. The summed E-state index contributed by atoms with van der Waals surface area (Å²) in [5.74, 6) is 0. The molecule has 0 atom stereocenters. The number of nitrogens with one attached hydrogen (secondary N) is 1. The number of aromatic nitrogens is 1. The van der Waals surface area contributed by atoms with Crippen LogP contribution in [-0.2, 0) is 23.0 Å². The lowest BCUT2D eigenvalue weighted by Gasteiger charge is -2.08. The van der Waals surface area contributed by atoms with Crippen LogP contribution in [0.4, 0.5) is 0 Å². The van der Waals surface area contributed by atoms with Gasteiger partial charge in [0, 0.05) is 15.5 Å². The fourth-order valence-corrected chi connectivity index (χ4v) is 4.72. The van der Waals surface area contributed by atoms with Gasteiger partial charge >= 0.3 is 0 Å². The third kappa shape index (κ3) is 3.66. The van der Waals surface area contributed by atoms with Crippen LogP contribution in [0.1, 0.15) is 22.4 Å². The van der Waals surface area contributed by atoms with E-state index < -0.39 is 10.0 Å². The van der Waals surface area contributed by atoms with Gasteiger partial charge in [-0.3, -0.25) is 0 Å². The van der Waals surface area contributed by atoms with Crippen LogP contribution < -0.4 is 4.72 Å². The number of hydrogen-bond donors (Lipinski definition) is 1. The lowest BCUT2D eigenvalue weighted by molar-refractivity contribution is 0.580. The van der Waals surface area contributed by atoms with Crippen molar-refractivity contribution in [3.05, 3.63) is 44.3 Å². The minimum Gasteiger partial charge on any atom is -0.248 e. The Morgan fingerprint density at radius 1 is 1.40 bits per heavy atom. The second-order valence-electron chi connectivity index (χ2n) is 4.33. The molecule has 0 aliphatic heterocycles. The average Bonchev–Trinajstić information content (AvgIpc) is 2.84. The molecule has 1 aromatic carbocycles. The summed E-state index contributed by atoms with van der Waals surface area (Å²) in [4.78, 5) is 5.59. The highest BCUT2D eigenvalue weighted by atomic mass is 79.9. The zero-order valence-corrected chi connectivity index (χ0v) is 14.4. The second kappa shape index (κ2) is 6.34. The van der Waals surface area contributed by atoms with Gasteiger partial charge in [-0.25, -0.2) is 18.1 Å². The Balaban J connectivity index is 2.14. The van der Waals surface area contributed by atoms with Crippen LogP contribution in [0, 0.1) is 6.92 Å². The molecule has 0 unspecified atom stereocenters. The van der Waals surface area contributed by atoms with Crippen LogP contribution in [0.5, 0.6) is 0 Å². The molecule has 4 nitrogen and oxygen atoms in total. The quantitative estimate of drug-likeness (QED) is 0.873. The van der Waals surface area contributed by atoms with E-state index in [1.54, 1.807) is 24.4 Å². The summed E-state index contributed by atoms with van der Waals surface area (Å²) in [6.45, 7) is 4.18. The SMILES string of the molecule is CCc1cnc(CNS(=O)(=O)c2ccc(C)cc2Br)s1. The van der Waals surface area contributed by atoms with E-state index in [1.807, 2.05) is 13.8 Å². The molecule has 0 saturated heterocycles. The van der Waals surface area contributed by atoms with Gasteiger partial charge in [0.15, 0.2) is 0 Å². The van der Waals surface area contributed by atoms with Crippen LogP contribution >= 0.6 is 27.3 Å². The summed E-state index contributed by atoms with van der Waals surface area (Å²) >= 11 is 4.82. The predicted molar refractivity (Wildman–Crippen MR) is 84.4 cm³/mol. The molecule has 0 spiro atoms. The topological polar surface area (TPSA) is 59.1 Å². The van der Waals surface area contributed by atoms with Gasteiger partial charge in [-0.15, -0.1) is 11.3 Å². The Hall–Kier alpha value is -0.760. The molecule has 0 radical (unpaired) electrons. The number of hydrogen-bond acceptors (Lipinski definition) is 4. The first kappa shape index (κ1) is 15.6. The molecule has 0 saturated carbocycles. The van der Waals surface area contributed by atoms with E-state index in [9.17, 15) is 8.42 Å². The zero-order valence-electron chi connectivity index (χ0n) is 11.2. The Morgan fingerprint density at radius 2 is 2.15 bits per heavy atom. The van der Waals surface area contributed by atoms with Gasteiger partial charge in [0.25, 0.3) is 0 Å². The van der Waals surface area contributed by atoms with Gasteiger partial charge in [-0.1, -0.05) is 13.0 Å². The Kier molecular flexibility index (Phi) is 4.95. The van der Waals surface area contributed by atoms with Gasteiger partial charge < -0.3 is 0 Å². The van der Waals surface area contributed by atoms with E-state index in [0.29, 0.717) is 4.47 Å². The molecule has 108 valence electrons. The first-order valence-electron chi connectivity index (χ1n) is 6.12. The molecule has 1 N–H and O–H groups in total. The Labute approximate surface area is 131 Å². The highest BCUT2D eigenvalue weighted by molar-refractivity contribution is 9.10. The van der Waals surface area contributed by atoms with Gasteiger partial charge in [-0.05, 0) is 47.0 Å². The number of benzene rings is 1. The summed E-state index contributed by atoms with van der Waals surface area (Å²) in [7, 11) is -3.53. The molecule has 2 rings (SSSR count). The molecule has 0 bridgehead atoms. The number of halogens is 1. The summed E-state index contributed by atoms with van der Waals surface area (Å²) in [5.41, 5.74) is 1.00. The van der Waals surface area contributed by atoms with E-state index >= 15 is 0 Å². The van der Waals surface area contributed by atoms with E-state index in [-0.39, 0.29) is 11.4 Å². The van der Waals surface area contributed by atoms with Crippen molar-refractivity contribution in [2.75, 3.05) is 0 Å². The van der Waals surface area contributed by atoms with Crippen molar-refractivity contribution >= 4 is 37.3 Å². The van der Waals surface area contributed by atoms with Crippen molar-refractivity contribution in [1.29, 1.82) is 0 Å². The Morgan fingerprint density at radius 3 is 2.75 bits per heavy atom. The average molecular weight is 375 g/mol. The zero-order chi connectivity index (χ0) is 14.8. The first-order valence-corrected chi connectivity index (χ1v) is 9.21. The molecule has 1 heterocycles. The van der Waals surface area contributed by atoms with Crippen LogP contribution in [0.3, 0.4) is 0 Å². The fraction of sp³-hybridized carbons (Fsp3) is 0.308. The highest BCUT2D eigenvalue weighted by Gasteiger charge is 2.17. The van der Waals surface area contributed by atoms with Gasteiger partial charge in [0.1, 0.15) is 5.01 Å². The third-order valence-electron chi connectivity index (χ3n) is 2.74. The smallest absolute Gasteiger partial charge is 0.242 e. The van der Waals surface area contributed by atoms with Crippen molar-refractivity contribution in [3.63, 3.8) is 0 Å². The monoisotopic (exact) mass is 374 g/mol. The maximum Gasteiger partial charge on any atom is 0.242 e. The van der Waals surface area contributed by atoms with Crippen LogP contribution in [0.25, 0.3) is 0 Å². The van der Waals surface area contributed by atoms with E-state index in [4.69, 9.17) is 0 Å². The van der Waals surface area contributed by atoms with Crippen molar-refractivity contribution in [3.8, 4) is 0 Å². The lowest BCUT2D eigenvalue weighted by atomic mass is 10.2. The molecule has 0 aliphatic rings. The first-order chi connectivity index (χ1) is 9.42. The number of thiazole rings is 1. The predicted octanol–water partition coefficient (Wildman–Crippen LogP) is 3.25. The molecule has 7 heteroatoms. The summed E-state index contributed by atoms with van der Waals surface area (Å²) in [5, 5.41) is 0.772. The van der Waals surface area contributed by atoms with Crippen molar-refractivity contribution < 1.29 is 8.42 Å². The van der Waals surface area contributed by atoms with Gasteiger partial charge in [0.05, 0.1) is 11.4 Å². The van der Waals surface area contributed by atoms with Crippen LogP contribution in [0.2, 0.25) is 0 Å². The van der Waals surface area contributed by atoms with Crippen molar-refractivity contribution in [2.24, 2.45) is 0 Å². The number of rotatable bonds is 5. The van der Waals surface area contributed by atoms with Crippen molar-refractivity contribution in [2.45, 2.75) is 31.7 Å². The van der Waals surface area contributed by atoms with Crippen LogP contribution in [0.15, 0.2) is 33.8 Å². The van der Waals surface area contributed by atoms with E-state index in [1.165, 1.54) is 11.3 Å². The number of nitrogens with zero attached hydrogens (tertiary/aromatic N) is 1. The number of aryl methyl sites for hydroxylation is 2. The van der Waals surface area contributed by atoms with Gasteiger partial charge in [-0.2, -0.15) is 0 Å². The largest absolute Gasteiger partial charge is 0.248 e. The Bertz CT molecular complexity index is 711. The summed E-state index contributed by atoms with van der Waals surface area (Å²) in [6, 6.07) is 5.16. The lowest BCUT2D eigenvalue weighted by Crippen LogP contribution is -2.23. The summed E-state index contributed by atoms with van der Waals surface area (Å²) < 4.78 is 27.6. The normalized spacial score (nSPS) is 11.8. The summed E-state index contributed by atoms with van der Waals surface area (Å²) in [6.07, 6.45) is 2.70. The third-order valence-corrected chi connectivity index (χ3v) is 6.26.